The Kier molecular flexibility index (Phi) is 4.13. The molecule has 1 aromatic rings. The lowest BCUT2D eigenvalue weighted by molar-refractivity contribution is -0.379. The van der Waals surface area contributed by atoms with Crippen LogP contribution in [0.4, 0.5) is 10.7 Å². The number of hydrogen-bond donors (Lipinski definition) is 1. The van der Waals surface area contributed by atoms with E-state index in [1.54, 1.807) is 13.2 Å². The number of esters is 1. The third-order valence-corrected chi connectivity index (χ3v) is 4.00. The molecule has 0 unspecified atom stereocenters. The van der Waals surface area contributed by atoms with E-state index in [9.17, 15) is 14.9 Å². The van der Waals surface area contributed by atoms with Crippen LogP contribution >= 0.6 is 23.1 Å². The van der Waals surface area contributed by atoms with E-state index in [1.165, 1.54) is 11.8 Å². The number of hydrogen-bond acceptors (Lipinski definition) is 7. The molecule has 8 heteroatoms. The van der Waals surface area contributed by atoms with Gasteiger partial charge in [0.15, 0.2) is 0 Å². The van der Waals surface area contributed by atoms with Gasteiger partial charge in [-0.25, -0.2) is 4.79 Å². The van der Waals surface area contributed by atoms with E-state index >= 15 is 0 Å². The van der Waals surface area contributed by atoms with Crippen molar-refractivity contribution in [2.75, 3.05) is 18.6 Å². The lowest BCUT2D eigenvalue weighted by atomic mass is 10.3. The van der Waals surface area contributed by atoms with Crippen molar-refractivity contribution in [3.8, 4) is 0 Å². The van der Waals surface area contributed by atoms with Crippen molar-refractivity contribution >= 4 is 39.8 Å². The molecule has 0 aliphatic carbocycles. The molecule has 0 bridgehead atoms. The average molecular weight is 262 g/mol. The fraction of sp³-hybridized carbons (Fsp3) is 0.375. The molecule has 0 fully saturated rings. The van der Waals surface area contributed by atoms with Crippen LogP contribution in [0.25, 0.3) is 0 Å². The van der Waals surface area contributed by atoms with Gasteiger partial charge in [-0.15, -0.1) is 11.8 Å². The van der Waals surface area contributed by atoms with Gasteiger partial charge in [0.2, 0.25) is 0 Å². The molecular weight excluding hydrogens is 252 g/mol. The molecule has 1 heterocycles. The fourth-order valence-electron chi connectivity index (χ4n) is 1.09. The minimum Gasteiger partial charge on any atom is -0.462 e. The van der Waals surface area contributed by atoms with E-state index in [0.717, 1.165) is 11.3 Å². The third-order valence-electron chi connectivity index (χ3n) is 1.72. The maximum absolute atomic E-state index is 11.5. The van der Waals surface area contributed by atoms with E-state index in [0.29, 0.717) is 4.21 Å². The second-order valence-corrected chi connectivity index (χ2v) is 4.74. The predicted octanol–water partition coefficient (Wildman–Crippen LogP) is 2.14. The molecule has 0 atom stereocenters. The third kappa shape index (κ3) is 2.27. The van der Waals surface area contributed by atoms with Crippen molar-refractivity contribution in [1.82, 2.24) is 0 Å². The summed E-state index contributed by atoms with van der Waals surface area (Å²) >= 11 is 2.12. The van der Waals surface area contributed by atoms with Crippen LogP contribution < -0.4 is 5.73 Å². The first kappa shape index (κ1) is 12.8. The number of nitrogens with two attached hydrogens (primary N) is 1. The number of anilines is 1. The normalized spacial score (nSPS) is 10.1. The maximum Gasteiger partial charge on any atom is 0.348 e. The lowest BCUT2D eigenvalue weighted by Gasteiger charge is -2.01. The monoisotopic (exact) mass is 262 g/mol. The number of carbonyl (C=O) groups excluding carboxylic acids is 1. The number of thioether (sulfide) groups is 1. The summed E-state index contributed by atoms with van der Waals surface area (Å²) in [7, 11) is 0. The molecule has 0 spiro atoms. The van der Waals surface area contributed by atoms with Gasteiger partial charge >= 0.3 is 11.0 Å². The van der Waals surface area contributed by atoms with Gasteiger partial charge in [-0.05, 0) is 13.2 Å². The van der Waals surface area contributed by atoms with Gasteiger partial charge in [-0.1, -0.05) is 11.3 Å². The maximum atomic E-state index is 11.5. The Morgan fingerprint density at radius 3 is 2.75 bits per heavy atom. The predicted molar refractivity (Wildman–Crippen MR) is 63.1 cm³/mol. The molecule has 0 amide bonds. The molecular formula is C8H10N2O4S2. The Hall–Kier alpha value is -1.28. The first-order chi connectivity index (χ1) is 7.52. The van der Waals surface area contributed by atoms with Gasteiger partial charge in [-0.2, -0.15) is 0 Å². The Morgan fingerprint density at radius 1 is 1.69 bits per heavy atom. The van der Waals surface area contributed by atoms with Crippen molar-refractivity contribution < 1.29 is 14.5 Å². The largest absolute Gasteiger partial charge is 0.462 e. The van der Waals surface area contributed by atoms with Crippen LogP contribution in [0, 0.1) is 10.1 Å². The summed E-state index contributed by atoms with van der Waals surface area (Å²) in [6.45, 7) is 1.86. The highest BCUT2D eigenvalue weighted by Crippen LogP contribution is 2.42. The zero-order chi connectivity index (χ0) is 12.3. The summed E-state index contributed by atoms with van der Waals surface area (Å²) in [5.41, 5.74) is 5.56. The number of nitrogens with zero attached hydrogens (tertiary/aromatic N) is 1. The van der Waals surface area contributed by atoms with Crippen LogP contribution in [0.3, 0.4) is 0 Å². The van der Waals surface area contributed by atoms with Crippen LogP contribution in [-0.2, 0) is 4.74 Å². The minimum atomic E-state index is -0.617. The zero-order valence-corrected chi connectivity index (χ0v) is 10.3. The summed E-state index contributed by atoms with van der Waals surface area (Å²) in [4.78, 5) is 21.6. The van der Waals surface area contributed by atoms with Gasteiger partial charge in [0.1, 0.15) is 11.3 Å². The number of carbonyl (C=O) groups is 1. The summed E-state index contributed by atoms with van der Waals surface area (Å²) < 4.78 is 5.30. The molecule has 1 aromatic heterocycles. The highest BCUT2D eigenvalue weighted by Gasteiger charge is 2.28. The molecule has 0 aliphatic rings. The van der Waals surface area contributed by atoms with Gasteiger partial charge < -0.3 is 10.5 Å². The Labute approximate surface area is 99.9 Å². The minimum absolute atomic E-state index is 0.103. The quantitative estimate of drug-likeness (QED) is 0.386. The SMILES string of the molecule is CCOC(=O)c1c(SC)sc([N+](=O)[O-])c1N. The summed E-state index contributed by atoms with van der Waals surface area (Å²) in [5, 5.41) is 10.4. The molecule has 0 saturated carbocycles. The van der Waals surface area contributed by atoms with Crippen LogP contribution in [0.1, 0.15) is 17.3 Å². The smallest absolute Gasteiger partial charge is 0.348 e. The van der Waals surface area contributed by atoms with Crippen molar-refractivity contribution in [3.63, 3.8) is 0 Å². The summed E-state index contributed by atoms with van der Waals surface area (Å²) in [6, 6.07) is 0. The number of rotatable bonds is 4. The second kappa shape index (κ2) is 5.17. The van der Waals surface area contributed by atoms with Gasteiger partial charge in [0.05, 0.1) is 15.7 Å². The lowest BCUT2D eigenvalue weighted by Crippen LogP contribution is -2.07. The van der Waals surface area contributed by atoms with Crippen molar-refractivity contribution in [2.24, 2.45) is 0 Å². The number of nitrogen functional groups attached to an aromatic ring is 1. The number of thiophene rings is 1. The topological polar surface area (TPSA) is 95.5 Å². The molecule has 0 radical (unpaired) electrons. The Morgan fingerprint density at radius 2 is 2.31 bits per heavy atom. The molecule has 0 saturated heterocycles. The first-order valence-electron chi connectivity index (χ1n) is 4.30. The van der Waals surface area contributed by atoms with Gasteiger partial charge in [0.25, 0.3) is 0 Å². The fourth-order valence-corrected chi connectivity index (χ4v) is 2.81. The average Bonchev–Trinajstić information content (AvgIpc) is 2.55. The van der Waals surface area contributed by atoms with Crippen LogP contribution in [0.2, 0.25) is 0 Å². The second-order valence-electron chi connectivity index (χ2n) is 2.67. The van der Waals surface area contributed by atoms with Crippen LogP contribution in [-0.4, -0.2) is 23.8 Å². The highest BCUT2D eigenvalue weighted by molar-refractivity contribution is 8.00. The van der Waals surface area contributed by atoms with Crippen LogP contribution in [0.5, 0.6) is 0 Å². The Bertz CT molecular complexity index is 430. The Balaban J connectivity index is 3.25. The van der Waals surface area contributed by atoms with Crippen molar-refractivity contribution in [3.05, 3.63) is 15.7 Å². The molecule has 6 nitrogen and oxygen atoms in total. The standard InChI is InChI=1S/C8H10N2O4S2/c1-3-14-7(11)4-5(9)6(10(12)13)16-8(4)15-2/h3,9H2,1-2H3. The van der Waals surface area contributed by atoms with Crippen molar-refractivity contribution in [2.45, 2.75) is 11.1 Å². The highest BCUT2D eigenvalue weighted by atomic mass is 32.2. The molecule has 0 aliphatic heterocycles. The van der Waals surface area contributed by atoms with Crippen molar-refractivity contribution in [1.29, 1.82) is 0 Å². The summed E-state index contributed by atoms with van der Waals surface area (Å²) in [5.74, 6) is -0.617. The molecule has 88 valence electrons. The van der Waals surface area contributed by atoms with Crippen LogP contribution in [0.15, 0.2) is 4.21 Å². The van der Waals surface area contributed by atoms with E-state index in [2.05, 4.69) is 0 Å². The van der Waals surface area contributed by atoms with Gasteiger partial charge in [-0.3, -0.25) is 10.1 Å². The summed E-state index contributed by atoms with van der Waals surface area (Å²) in [6.07, 6.45) is 1.72. The van der Waals surface area contributed by atoms with Gasteiger partial charge in [0, 0.05) is 0 Å². The van der Waals surface area contributed by atoms with E-state index in [-0.39, 0.29) is 22.9 Å². The molecule has 0 aromatic carbocycles. The number of ether oxygens (including phenoxy) is 1. The van der Waals surface area contributed by atoms with E-state index < -0.39 is 10.9 Å². The molecule has 16 heavy (non-hydrogen) atoms. The molecule has 1 rings (SSSR count). The van der Waals surface area contributed by atoms with E-state index in [4.69, 9.17) is 10.5 Å². The zero-order valence-electron chi connectivity index (χ0n) is 8.68. The first-order valence-corrected chi connectivity index (χ1v) is 6.34. The number of nitro groups is 1. The molecule has 2 N–H and O–H groups in total. The van der Waals surface area contributed by atoms with E-state index in [1.807, 2.05) is 0 Å².